The summed E-state index contributed by atoms with van der Waals surface area (Å²) in [6.45, 7) is 2.09. The van der Waals surface area contributed by atoms with Crippen molar-refractivity contribution in [1.29, 1.82) is 0 Å². The molecule has 10 nitrogen and oxygen atoms in total. The van der Waals surface area contributed by atoms with Gasteiger partial charge in [0.1, 0.15) is 17.5 Å². The number of amides is 3. The molecule has 0 radical (unpaired) electrons. The van der Waals surface area contributed by atoms with Crippen molar-refractivity contribution in [1.82, 2.24) is 30.5 Å². The highest BCUT2D eigenvalue weighted by Crippen LogP contribution is 2.26. The number of nitrogens with one attached hydrogen (secondary N) is 2. The minimum Gasteiger partial charge on any atom is -0.492 e. The second kappa shape index (κ2) is 14.7. The molecule has 1 aromatic heterocycles. The predicted molar refractivity (Wildman–Crippen MR) is 154 cm³/mol. The number of rotatable bonds is 4. The summed E-state index contributed by atoms with van der Waals surface area (Å²) >= 11 is 7.87. The van der Waals surface area contributed by atoms with Crippen LogP contribution in [0.25, 0.3) is 0 Å². The molecule has 2 N–H and O–H groups in total. The molecule has 0 fully saturated rings. The highest BCUT2D eigenvalue weighted by atomic mass is 35.5. The number of hydrogen-bond acceptors (Lipinski definition) is 7. The Hall–Kier alpha value is -3.57. The van der Waals surface area contributed by atoms with Crippen molar-refractivity contribution in [3.63, 3.8) is 0 Å². The van der Waals surface area contributed by atoms with Gasteiger partial charge in [0.15, 0.2) is 0 Å². The summed E-state index contributed by atoms with van der Waals surface area (Å²) < 4.78 is 7.54. The number of thioether (sulfide) groups is 1. The highest BCUT2D eigenvalue weighted by molar-refractivity contribution is 7.99. The van der Waals surface area contributed by atoms with Crippen molar-refractivity contribution >= 4 is 41.1 Å². The number of carbonyl (C=O) groups is 3. The zero-order valence-corrected chi connectivity index (χ0v) is 23.9. The molecule has 212 valence electrons. The Kier molecular flexibility index (Phi) is 10.8. The molecule has 3 amide bonds. The van der Waals surface area contributed by atoms with Gasteiger partial charge in [-0.25, -0.2) is 0 Å². The number of carbonyl (C=O) groups excluding carboxylic acids is 3. The molecule has 1 atom stereocenters. The molecule has 3 heterocycles. The van der Waals surface area contributed by atoms with Crippen LogP contribution in [0, 0.1) is 0 Å². The first-order valence-corrected chi connectivity index (χ1v) is 14.9. The number of nitrogens with zero attached hydrogens (tertiary/aromatic N) is 4. The average molecular weight is 585 g/mol. The van der Waals surface area contributed by atoms with Crippen LogP contribution in [-0.4, -0.2) is 75.4 Å². The fourth-order valence-corrected chi connectivity index (χ4v) is 4.96. The van der Waals surface area contributed by atoms with Gasteiger partial charge in [0.2, 0.25) is 11.8 Å². The molecule has 5 rings (SSSR count). The van der Waals surface area contributed by atoms with Gasteiger partial charge in [-0.3, -0.25) is 19.1 Å². The van der Waals surface area contributed by atoms with Gasteiger partial charge in [0, 0.05) is 38.0 Å². The van der Waals surface area contributed by atoms with Gasteiger partial charge in [-0.05, 0) is 36.4 Å². The molecule has 40 heavy (non-hydrogen) atoms. The van der Waals surface area contributed by atoms with Crippen LogP contribution in [0.3, 0.4) is 0 Å². The quantitative estimate of drug-likeness (QED) is 0.484. The van der Waals surface area contributed by atoms with Crippen LogP contribution < -0.4 is 15.4 Å². The third-order valence-corrected chi connectivity index (χ3v) is 7.18. The lowest BCUT2D eigenvalue weighted by molar-refractivity contribution is -0.129. The Labute approximate surface area is 242 Å². The molecule has 2 aliphatic rings. The first kappa shape index (κ1) is 29.4. The van der Waals surface area contributed by atoms with E-state index >= 15 is 0 Å². The van der Waals surface area contributed by atoms with Gasteiger partial charge in [-0.15, -0.1) is 5.10 Å². The van der Waals surface area contributed by atoms with Crippen molar-refractivity contribution in [2.24, 2.45) is 0 Å². The van der Waals surface area contributed by atoms with Crippen LogP contribution in [0.15, 0.2) is 54.7 Å². The largest absolute Gasteiger partial charge is 0.492 e. The van der Waals surface area contributed by atoms with Crippen molar-refractivity contribution in [3.05, 3.63) is 76.6 Å². The third-order valence-electron chi connectivity index (χ3n) is 6.35. The topological polar surface area (TPSA) is 118 Å². The van der Waals surface area contributed by atoms with Gasteiger partial charge in [0.05, 0.1) is 30.1 Å². The van der Waals surface area contributed by atoms with E-state index in [0.717, 1.165) is 5.56 Å². The summed E-state index contributed by atoms with van der Waals surface area (Å²) in [6, 6.07) is 13.5. The fourth-order valence-electron chi connectivity index (χ4n) is 4.30. The minimum atomic E-state index is -0.803. The van der Waals surface area contributed by atoms with E-state index in [-0.39, 0.29) is 11.8 Å². The van der Waals surface area contributed by atoms with Crippen LogP contribution in [0.5, 0.6) is 5.75 Å². The van der Waals surface area contributed by atoms with Gasteiger partial charge >= 0.3 is 0 Å². The predicted octanol–water partition coefficient (Wildman–Crippen LogP) is 2.95. The summed E-state index contributed by atoms with van der Waals surface area (Å²) in [5, 5.41) is 14.5. The maximum atomic E-state index is 13.2. The Morgan fingerprint density at radius 1 is 1.15 bits per heavy atom. The highest BCUT2D eigenvalue weighted by Gasteiger charge is 2.23. The lowest BCUT2D eigenvalue weighted by atomic mass is 10.0. The van der Waals surface area contributed by atoms with E-state index in [9.17, 15) is 14.4 Å². The maximum Gasteiger partial charge on any atom is 0.251 e. The SMILES string of the molecule is CSCC(=O)N1CCCNC(=O)[C@H](Cc2ccccc2)NC(=O)c2ccc(c(Cl)c2)OCCCn2cc(nn2)C1. The molecule has 0 aliphatic carbocycles. The second-order valence-electron chi connectivity index (χ2n) is 9.43. The summed E-state index contributed by atoms with van der Waals surface area (Å²) in [7, 11) is 0. The molecular weight excluding hydrogens is 552 g/mol. The molecule has 0 spiro atoms. The average Bonchev–Trinajstić information content (AvgIpc) is 3.40. The van der Waals surface area contributed by atoms with Crippen LogP contribution in [0.4, 0.5) is 0 Å². The van der Waals surface area contributed by atoms with Crippen LogP contribution in [-0.2, 0) is 29.1 Å². The fraction of sp³-hybridized carbons (Fsp3) is 0.393. The summed E-state index contributed by atoms with van der Waals surface area (Å²) in [4.78, 5) is 40.8. The molecule has 4 bridgehead atoms. The van der Waals surface area contributed by atoms with Crippen molar-refractivity contribution in [3.8, 4) is 5.75 Å². The van der Waals surface area contributed by atoms with Gasteiger partial charge < -0.3 is 20.3 Å². The number of hydrogen-bond donors (Lipinski definition) is 2. The van der Waals surface area contributed by atoms with E-state index in [0.29, 0.717) is 79.8 Å². The van der Waals surface area contributed by atoms with Crippen LogP contribution in [0.1, 0.15) is 34.5 Å². The zero-order chi connectivity index (χ0) is 28.3. The van der Waals surface area contributed by atoms with E-state index in [2.05, 4.69) is 20.9 Å². The second-order valence-corrected chi connectivity index (χ2v) is 10.7. The van der Waals surface area contributed by atoms with Gasteiger partial charge in [-0.2, -0.15) is 11.8 Å². The number of ether oxygens (including phenoxy) is 1. The number of halogens is 1. The Morgan fingerprint density at radius 3 is 2.75 bits per heavy atom. The maximum absolute atomic E-state index is 13.2. The van der Waals surface area contributed by atoms with Crippen LogP contribution in [0.2, 0.25) is 5.02 Å². The zero-order valence-electron chi connectivity index (χ0n) is 22.3. The normalized spacial score (nSPS) is 17.4. The van der Waals surface area contributed by atoms with E-state index in [1.54, 1.807) is 21.7 Å². The number of aromatic nitrogens is 3. The molecule has 0 unspecified atom stereocenters. The van der Waals surface area contributed by atoms with Crippen LogP contribution >= 0.6 is 23.4 Å². The standard InChI is InChI=1S/C28H33ClN6O4S/c1-40-19-26(36)34-12-5-11-30-28(38)24(15-20-7-3-2-4-8-20)31-27(37)21-9-10-25(23(29)16-21)39-14-6-13-35-18-22(17-34)32-33-35/h2-4,7-10,16,18,24H,5-6,11-15,17,19H2,1H3,(H,30,38)(H,31,37)/t24-/m0/s1. The molecule has 2 aromatic carbocycles. The summed E-state index contributed by atoms with van der Waals surface area (Å²) in [5.41, 5.74) is 1.93. The molecule has 12 heteroatoms. The van der Waals surface area contributed by atoms with Crippen molar-refractivity contribution < 1.29 is 19.1 Å². The molecule has 2 aliphatic heterocycles. The number of benzene rings is 2. The Balaban J connectivity index is 1.54. The van der Waals surface area contributed by atoms with Crippen molar-refractivity contribution in [2.75, 3.05) is 31.7 Å². The summed E-state index contributed by atoms with van der Waals surface area (Å²) in [6.07, 6.45) is 5.23. The molecule has 3 aromatic rings. The molecular formula is C28H33ClN6O4S. The third kappa shape index (κ3) is 8.46. The van der Waals surface area contributed by atoms with E-state index in [1.165, 1.54) is 17.8 Å². The molecule has 0 saturated carbocycles. The minimum absolute atomic E-state index is 0.00390. The van der Waals surface area contributed by atoms with Gasteiger partial charge in [0.25, 0.3) is 5.91 Å². The molecule has 0 saturated heterocycles. The van der Waals surface area contributed by atoms with Gasteiger partial charge in [-0.1, -0.05) is 47.1 Å². The van der Waals surface area contributed by atoms with E-state index in [1.807, 2.05) is 42.8 Å². The van der Waals surface area contributed by atoms with E-state index < -0.39 is 11.9 Å². The van der Waals surface area contributed by atoms with E-state index in [4.69, 9.17) is 16.3 Å². The monoisotopic (exact) mass is 584 g/mol. The number of aryl methyl sites for hydroxylation is 1. The number of fused-ring (bicyclic) bond motifs is 14. The first-order chi connectivity index (χ1) is 19.4. The van der Waals surface area contributed by atoms with Crippen molar-refractivity contribution in [2.45, 2.75) is 38.4 Å². The Bertz CT molecular complexity index is 1300. The summed E-state index contributed by atoms with van der Waals surface area (Å²) in [5.74, 6) is 0.0940. The lowest BCUT2D eigenvalue weighted by Crippen LogP contribution is -2.48. The first-order valence-electron chi connectivity index (χ1n) is 13.1. The lowest BCUT2D eigenvalue weighted by Gasteiger charge is -2.22. The Morgan fingerprint density at radius 2 is 1.98 bits per heavy atom. The smallest absolute Gasteiger partial charge is 0.251 e.